The van der Waals surface area contributed by atoms with Gasteiger partial charge in [0.15, 0.2) is 0 Å². The zero-order valence-corrected chi connectivity index (χ0v) is 9.04. The predicted octanol–water partition coefficient (Wildman–Crippen LogP) is 2.55. The van der Waals surface area contributed by atoms with E-state index in [9.17, 15) is 0 Å². The van der Waals surface area contributed by atoms with E-state index in [0.29, 0.717) is 10.6 Å². The predicted molar refractivity (Wildman–Crippen MR) is 56.8 cm³/mol. The fourth-order valence-electron chi connectivity index (χ4n) is 1.15. The number of hydrogen-bond donors (Lipinski definition) is 3. The van der Waals surface area contributed by atoms with Crippen molar-refractivity contribution in [3.8, 4) is 0 Å². The molecule has 0 aliphatic heterocycles. The molecular weight excluding hydrogens is 216 g/mol. The first-order chi connectivity index (χ1) is 6.99. The number of aromatic nitrogens is 2. The van der Waals surface area contributed by atoms with Crippen LogP contribution in [0.4, 0.5) is 4.79 Å². The minimum atomic E-state index is -1.83. The maximum Gasteiger partial charge on any atom is 0.503 e. The van der Waals surface area contributed by atoms with Crippen molar-refractivity contribution in [2.75, 3.05) is 0 Å². The molecule has 1 aromatic heterocycles. The fourth-order valence-corrected chi connectivity index (χ4v) is 1.43. The van der Waals surface area contributed by atoms with E-state index in [4.69, 9.17) is 27.2 Å². The van der Waals surface area contributed by atoms with Crippen molar-refractivity contribution in [3.05, 3.63) is 22.2 Å². The molecule has 82 valence electrons. The van der Waals surface area contributed by atoms with Crippen LogP contribution in [0.25, 0.3) is 0 Å². The Balaban J connectivity index is 0.000000245. The molecule has 0 unspecified atom stereocenters. The highest BCUT2D eigenvalue weighted by molar-refractivity contribution is 7.71. The van der Waals surface area contributed by atoms with Gasteiger partial charge in [0.2, 0.25) is 0 Å². The molecule has 5 nitrogen and oxygen atoms in total. The first-order valence-electron chi connectivity index (χ1n) is 4.49. The van der Waals surface area contributed by atoms with Crippen LogP contribution >= 0.6 is 12.2 Å². The van der Waals surface area contributed by atoms with E-state index in [1.807, 2.05) is 13.0 Å². The lowest BCUT2D eigenvalue weighted by atomic mass is 10.3. The quantitative estimate of drug-likeness (QED) is 0.643. The lowest BCUT2D eigenvalue weighted by Gasteiger charge is -1.98. The first-order valence-corrected chi connectivity index (χ1v) is 4.89. The summed E-state index contributed by atoms with van der Waals surface area (Å²) in [6.07, 6.45) is 0.698. The van der Waals surface area contributed by atoms with Gasteiger partial charge in [0, 0.05) is 11.6 Å². The molecule has 1 aliphatic carbocycles. The molecule has 0 aromatic carbocycles. The average Bonchev–Trinajstić information content (AvgIpc) is 2.81. The first kappa shape index (κ1) is 11.6. The third-order valence-corrected chi connectivity index (χ3v) is 2.07. The molecule has 0 bridgehead atoms. The second-order valence-electron chi connectivity index (χ2n) is 3.34. The van der Waals surface area contributed by atoms with Gasteiger partial charge in [-0.15, -0.1) is 0 Å². The number of nitrogens with one attached hydrogen (secondary N) is 1. The number of carboxylic acid groups (broad SMARTS) is 2. The maximum atomic E-state index is 8.56. The van der Waals surface area contributed by atoms with Crippen LogP contribution in [0.5, 0.6) is 0 Å². The number of aromatic amines is 1. The van der Waals surface area contributed by atoms with Gasteiger partial charge in [0.1, 0.15) is 10.5 Å². The van der Waals surface area contributed by atoms with E-state index in [1.165, 1.54) is 12.8 Å². The van der Waals surface area contributed by atoms with E-state index in [1.54, 1.807) is 0 Å². The molecule has 0 saturated heterocycles. The second kappa shape index (κ2) is 4.88. The highest BCUT2D eigenvalue weighted by Gasteiger charge is 2.25. The summed E-state index contributed by atoms with van der Waals surface area (Å²) in [5.41, 5.74) is 1.12. The normalized spacial score (nSPS) is 13.9. The van der Waals surface area contributed by atoms with E-state index >= 15 is 0 Å². The lowest BCUT2D eigenvalue weighted by Crippen LogP contribution is -1.94. The molecule has 0 spiro atoms. The molecule has 1 aliphatic rings. The summed E-state index contributed by atoms with van der Waals surface area (Å²) >= 11 is 5.00. The minimum absolute atomic E-state index is 0.664. The number of nitrogens with zero attached hydrogens (tertiary/aromatic N) is 1. The second-order valence-corrected chi connectivity index (χ2v) is 3.76. The summed E-state index contributed by atoms with van der Waals surface area (Å²) in [6, 6.07) is 1.89. The Labute approximate surface area is 91.8 Å². The van der Waals surface area contributed by atoms with Gasteiger partial charge in [-0.05, 0) is 25.8 Å². The van der Waals surface area contributed by atoms with Gasteiger partial charge >= 0.3 is 6.16 Å². The number of carbonyl (C=O) groups is 1. The van der Waals surface area contributed by atoms with Crippen molar-refractivity contribution in [2.24, 2.45) is 0 Å². The number of H-pyrrole nitrogens is 1. The van der Waals surface area contributed by atoms with E-state index in [0.717, 1.165) is 11.5 Å². The van der Waals surface area contributed by atoms with Crippen LogP contribution in [-0.2, 0) is 0 Å². The van der Waals surface area contributed by atoms with Crippen molar-refractivity contribution >= 4 is 18.4 Å². The summed E-state index contributed by atoms with van der Waals surface area (Å²) in [6.45, 7) is 2.02. The van der Waals surface area contributed by atoms with Crippen molar-refractivity contribution < 1.29 is 15.0 Å². The summed E-state index contributed by atoms with van der Waals surface area (Å²) in [5.74, 6) is 1.74. The number of aryl methyl sites for hydroxylation is 1. The Morgan fingerprint density at radius 2 is 2.13 bits per heavy atom. The zero-order chi connectivity index (χ0) is 11.4. The van der Waals surface area contributed by atoms with Crippen LogP contribution in [-0.4, -0.2) is 26.3 Å². The molecule has 1 aromatic rings. The minimum Gasteiger partial charge on any atom is -0.450 e. The molecule has 0 radical (unpaired) electrons. The SMILES string of the molecule is Cc1cc(=S)nc(C2CC2)[nH]1.O=C(O)O. The maximum absolute atomic E-state index is 8.56. The van der Waals surface area contributed by atoms with Gasteiger partial charge in [-0.3, -0.25) is 0 Å². The van der Waals surface area contributed by atoms with Gasteiger partial charge in [-0.25, -0.2) is 9.78 Å². The molecule has 2 rings (SSSR count). The fraction of sp³-hybridized carbons (Fsp3) is 0.444. The van der Waals surface area contributed by atoms with E-state index < -0.39 is 6.16 Å². The topological polar surface area (TPSA) is 86.2 Å². The Bertz CT molecular complexity index is 408. The molecule has 0 atom stereocenters. The molecule has 15 heavy (non-hydrogen) atoms. The van der Waals surface area contributed by atoms with Crippen LogP contribution in [0.15, 0.2) is 6.07 Å². The largest absolute Gasteiger partial charge is 0.503 e. The van der Waals surface area contributed by atoms with E-state index in [2.05, 4.69) is 9.97 Å². The lowest BCUT2D eigenvalue weighted by molar-refractivity contribution is 0.137. The number of hydrogen-bond acceptors (Lipinski definition) is 3. The highest BCUT2D eigenvalue weighted by atomic mass is 32.1. The van der Waals surface area contributed by atoms with Gasteiger partial charge in [-0.1, -0.05) is 12.2 Å². The molecule has 1 heterocycles. The van der Waals surface area contributed by atoms with Crippen LogP contribution in [0, 0.1) is 11.6 Å². The van der Waals surface area contributed by atoms with Crippen LogP contribution in [0.2, 0.25) is 0 Å². The van der Waals surface area contributed by atoms with Gasteiger partial charge in [0.05, 0.1) is 0 Å². The van der Waals surface area contributed by atoms with Crippen LogP contribution in [0.3, 0.4) is 0 Å². The molecule has 1 saturated carbocycles. The molecule has 3 N–H and O–H groups in total. The molecule has 1 fully saturated rings. The third-order valence-electron chi connectivity index (χ3n) is 1.86. The summed E-state index contributed by atoms with van der Waals surface area (Å²) in [5, 5.41) is 13.9. The van der Waals surface area contributed by atoms with Crippen molar-refractivity contribution in [1.29, 1.82) is 0 Å². The molecule has 6 heteroatoms. The Hall–Kier alpha value is -1.43. The average molecular weight is 228 g/mol. The monoisotopic (exact) mass is 228 g/mol. The van der Waals surface area contributed by atoms with Gasteiger partial charge in [0.25, 0.3) is 0 Å². The van der Waals surface area contributed by atoms with Crippen molar-refractivity contribution in [3.63, 3.8) is 0 Å². The summed E-state index contributed by atoms with van der Waals surface area (Å²) in [4.78, 5) is 16.0. The summed E-state index contributed by atoms with van der Waals surface area (Å²) < 4.78 is 0.711. The Morgan fingerprint density at radius 3 is 2.53 bits per heavy atom. The number of rotatable bonds is 1. The highest BCUT2D eigenvalue weighted by Crippen LogP contribution is 2.37. The Morgan fingerprint density at radius 1 is 1.60 bits per heavy atom. The van der Waals surface area contributed by atoms with Crippen molar-refractivity contribution in [2.45, 2.75) is 25.7 Å². The van der Waals surface area contributed by atoms with Crippen LogP contribution in [0.1, 0.15) is 30.3 Å². The zero-order valence-electron chi connectivity index (χ0n) is 8.23. The molecule has 0 amide bonds. The van der Waals surface area contributed by atoms with Crippen LogP contribution < -0.4 is 0 Å². The van der Waals surface area contributed by atoms with E-state index in [-0.39, 0.29) is 0 Å². The standard InChI is InChI=1S/C8H10N2S.CH2O3/c1-5-4-7(11)10-8(9-5)6-2-3-6;2-1(3)4/h4,6H,2-3H2,1H3,(H,9,10,11);(H2,2,3,4). The third kappa shape index (κ3) is 4.55. The molecular formula is C9H12N2O3S. The van der Waals surface area contributed by atoms with Gasteiger partial charge in [-0.2, -0.15) is 0 Å². The Kier molecular flexibility index (Phi) is 3.79. The van der Waals surface area contributed by atoms with Crippen molar-refractivity contribution in [1.82, 2.24) is 9.97 Å². The van der Waals surface area contributed by atoms with Gasteiger partial charge < -0.3 is 15.2 Å². The summed E-state index contributed by atoms with van der Waals surface area (Å²) in [7, 11) is 0. The smallest absolute Gasteiger partial charge is 0.450 e.